The minimum atomic E-state index is -0.468. The Bertz CT molecular complexity index is 971. The average molecular weight is 432 g/mol. The van der Waals surface area contributed by atoms with Crippen LogP contribution in [0.25, 0.3) is 0 Å². The zero-order chi connectivity index (χ0) is 22.1. The summed E-state index contributed by atoms with van der Waals surface area (Å²) in [6.45, 7) is 14.4. The Morgan fingerprint density at radius 1 is 1.30 bits per heavy atom. The first kappa shape index (κ1) is 22.6. The van der Waals surface area contributed by atoms with Gasteiger partial charge in [0.25, 0.3) is 5.56 Å². The molecule has 6 nitrogen and oxygen atoms in total. The van der Waals surface area contributed by atoms with Crippen LogP contribution in [0.2, 0.25) is 0 Å². The van der Waals surface area contributed by atoms with E-state index in [9.17, 15) is 9.59 Å². The predicted molar refractivity (Wildman–Crippen MR) is 121 cm³/mol. The highest BCUT2D eigenvalue weighted by atomic mass is 32.1. The third-order valence-corrected chi connectivity index (χ3v) is 6.80. The molecule has 0 radical (unpaired) electrons. The van der Waals surface area contributed by atoms with Crippen LogP contribution in [0.3, 0.4) is 0 Å². The Balaban J connectivity index is 1.59. The lowest BCUT2D eigenvalue weighted by Gasteiger charge is -2.24. The Hall–Kier alpha value is -2.12. The molecule has 3 heterocycles. The van der Waals surface area contributed by atoms with E-state index in [2.05, 4.69) is 22.6 Å². The molecular formula is C23H33N3O3S. The maximum Gasteiger partial charge on any atom is 0.410 e. The number of likely N-dealkylation sites (tertiary alicyclic amines) is 1. The minimum absolute atomic E-state index is 0.0177. The molecule has 0 aliphatic carbocycles. The van der Waals surface area contributed by atoms with E-state index in [1.54, 1.807) is 11.3 Å². The summed E-state index contributed by atoms with van der Waals surface area (Å²) in [5, 5.41) is 5.61. The molecule has 164 valence electrons. The molecular weight excluding hydrogens is 398 g/mol. The Morgan fingerprint density at radius 2 is 2.03 bits per heavy atom. The molecule has 3 rings (SSSR count). The highest BCUT2D eigenvalue weighted by Gasteiger charge is 2.32. The largest absolute Gasteiger partial charge is 0.444 e. The number of thiophene rings is 1. The first-order chi connectivity index (χ1) is 14.0. The zero-order valence-corrected chi connectivity index (χ0v) is 19.7. The number of nitrogens with zero attached hydrogens (tertiary/aromatic N) is 1. The SMILES string of the molecule is Cc1cc(C)c(CNCc2csc(C3CCN(C(=O)OC(C)(C)C)C3)c2C)c(=O)[nH]1. The number of carbonyl (C=O) groups is 1. The maximum absolute atomic E-state index is 12.3. The van der Waals surface area contributed by atoms with Gasteiger partial charge in [-0.3, -0.25) is 4.79 Å². The van der Waals surface area contributed by atoms with Gasteiger partial charge in [-0.05, 0) is 76.1 Å². The smallest absolute Gasteiger partial charge is 0.410 e. The summed E-state index contributed by atoms with van der Waals surface area (Å²) in [5.41, 5.74) is 4.75. The number of H-pyrrole nitrogens is 1. The van der Waals surface area contributed by atoms with Crippen LogP contribution in [-0.2, 0) is 17.8 Å². The van der Waals surface area contributed by atoms with Crippen molar-refractivity contribution in [1.82, 2.24) is 15.2 Å². The number of aromatic amines is 1. The van der Waals surface area contributed by atoms with Crippen LogP contribution in [0.15, 0.2) is 16.2 Å². The Morgan fingerprint density at radius 3 is 2.70 bits per heavy atom. The van der Waals surface area contributed by atoms with E-state index in [1.165, 1.54) is 16.0 Å². The zero-order valence-electron chi connectivity index (χ0n) is 18.8. The van der Waals surface area contributed by atoms with Crippen molar-refractivity contribution in [3.05, 3.63) is 54.6 Å². The van der Waals surface area contributed by atoms with Crippen molar-refractivity contribution in [3.8, 4) is 0 Å². The summed E-state index contributed by atoms with van der Waals surface area (Å²) in [7, 11) is 0. The molecule has 1 aliphatic rings. The molecule has 0 spiro atoms. The van der Waals surface area contributed by atoms with E-state index in [0.717, 1.165) is 36.3 Å². The monoisotopic (exact) mass is 431 g/mol. The fraction of sp³-hybridized carbons (Fsp3) is 0.565. The molecule has 7 heteroatoms. The second-order valence-electron chi connectivity index (χ2n) is 9.21. The number of carbonyl (C=O) groups excluding carboxylic acids is 1. The van der Waals surface area contributed by atoms with Gasteiger partial charge in [-0.15, -0.1) is 11.3 Å². The van der Waals surface area contributed by atoms with E-state index in [1.807, 2.05) is 45.6 Å². The van der Waals surface area contributed by atoms with Crippen LogP contribution >= 0.6 is 11.3 Å². The highest BCUT2D eigenvalue weighted by Crippen LogP contribution is 2.35. The molecule has 2 aromatic heterocycles. The number of aryl methyl sites for hydroxylation is 2. The van der Waals surface area contributed by atoms with Crippen LogP contribution < -0.4 is 10.9 Å². The molecule has 2 N–H and O–H groups in total. The molecule has 30 heavy (non-hydrogen) atoms. The van der Waals surface area contributed by atoms with Crippen LogP contribution in [0.1, 0.15) is 65.9 Å². The van der Waals surface area contributed by atoms with Crippen molar-refractivity contribution >= 4 is 17.4 Å². The van der Waals surface area contributed by atoms with Gasteiger partial charge in [-0.25, -0.2) is 4.79 Å². The van der Waals surface area contributed by atoms with E-state index in [4.69, 9.17) is 4.74 Å². The Kier molecular flexibility index (Phi) is 6.72. The summed E-state index contributed by atoms with van der Waals surface area (Å²) in [6.07, 6.45) is 0.741. The lowest BCUT2D eigenvalue weighted by Crippen LogP contribution is -2.35. The number of hydrogen-bond donors (Lipinski definition) is 2. The second-order valence-corrected chi connectivity index (χ2v) is 10.1. The van der Waals surface area contributed by atoms with Gasteiger partial charge in [0.05, 0.1) is 0 Å². The van der Waals surface area contributed by atoms with Crippen LogP contribution in [0, 0.1) is 20.8 Å². The molecule has 1 saturated heterocycles. The van der Waals surface area contributed by atoms with Gasteiger partial charge in [-0.1, -0.05) is 0 Å². The first-order valence-electron chi connectivity index (χ1n) is 10.5. The van der Waals surface area contributed by atoms with Crippen molar-refractivity contribution < 1.29 is 9.53 Å². The summed E-state index contributed by atoms with van der Waals surface area (Å²) >= 11 is 1.77. The van der Waals surface area contributed by atoms with Gasteiger partial charge in [0, 0.05) is 48.2 Å². The third-order valence-electron chi connectivity index (χ3n) is 5.50. The molecule has 0 saturated carbocycles. The molecule has 0 aromatic carbocycles. The van der Waals surface area contributed by atoms with E-state index in [-0.39, 0.29) is 11.7 Å². The normalized spacial score (nSPS) is 16.9. The van der Waals surface area contributed by atoms with E-state index in [0.29, 0.717) is 19.0 Å². The van der Waals surface area contributed by atoms with Gasteiger partial charge in [-0.2, -0.15) is 0 Å². The lowest BCUT2D eigenvalue weighted by molar-refractivity contribution is 0.0292. The van der Waals surface area contributed by atoms with Crippen molar-refractivity contribution in [1.29, 1.82) is 0 Å². The van der Waals surface area contributed by atoms with Gasteiger partial charge in [0.2, 0.25) is 0 Å². The summed E-state index contributed by atoms with van der Waals surface area (Å²) < 4.78 is 5.52. The van der Waals surface area contributed by atoms with Gasteiger partial charge in [0.1, 0.15) is 5.60 Å². The number of hydrogen-bond acceptors (Lipinski definition) is 5. The number of amides is 1. The topological polar surface area (TPSA) is 74.4 Å². The highest BCUT2D eigenvalue weighted by molar-refractivity contribution is 7.10. The summed E-state index contributed by atoms with van der Waals surface area (Å²) in [5.74, 6) is 0.360. The quantitative estimate of drug-likeness (QED) is 0.737. The van der Waals surface area contributed by atoms with Crippen molar-refractivity contribution in [2.45, 2.75) is 72.6 Å². The second kappa shape index (κ2) is 8.94. The molecule has 0 bridgehead atoms. The van der Waals surface area contributed by atoms with E-state index < -0.39 is 5.60 Å². The van der Waals surface area contributed by atoms with Crippen LogP contribution in [0.4, 0.5) is 4.79 Å². The van der Waals surface area contributed by atoms with E-state index >= 15 is 0 Å². The van der Waals surface area contributed by atoms with Crippen molar-refractivity contribution in [2.75, 3.05) is 13.1 Å². The molecule has 1 fully saturated rings. The number of rotatable bonds is 5. The van der Waals surface area contributed by atoms with Crippen molar-refractivity contribution in [2.24, 2.45) is 0 Å². The number of nitrogens with one attached hydrogen (secondary N) is 2. The third kappa shape index (κ3) is 5.32. The minimum Gasteiger partial charge on any atom is -0.444 e. The van der Waals surface area contributed by atoms with Crippen LogP contribution in [0.5, 0.6) is 0 Å². The molecule has 1 amide bonds. The lowest BCUT2D eigenvalue weighted by atomic mass is 10.0. The molecule has 1 atom stereocenters. The first-order valence-corrected chi connectivity index (χ1v) is 11.4. The molecule has 2 aromatic rings. The standard InChI is InChI=1S/C23H33N3O3S/c1-14-9-15(2)25-21(27)19(14)11-24-10-18-13-30-20(16(18)3)17-7-8-26(12-17)22(28)29-23(4,5)6/h9,13,17,24H,7-8,10-12H2,1-6H3,(H,25,27). The average Bonchev–Trinajstić information content (AvgIpc) is 3.23. The number of pyridine rings is 1. The van der Waals surface area contributed by atoms with Gasteiger partial charge in [0.15, 0.2) is 0 Å². The molecule has 1 aliphatic heterocycles. The van der Waals surface area contributed by atoms with Gasteiger partial charge >= 0.3 is 6.09 Å². The van der Waals surface area contributed by atoms with Gasteiger partial charge < -0.3 is 19.9 Å². The summed E-state index contributed by atoms with van der Waals surface area (Å²) in [4.78, 5) is 30.6. The maximum atomic E-state index is 12.3. The summed E-state index contributed by atoms with van der Waals surface area (Å²) in [6, 6.07) is 2.00. The number of aromatic nitrogens is 1. The Labute approximate surface area is 182 Å². The van der Waals surface area contributed by atoms with Crippen LogP contribution in [-0.4, -0.2) is 34.7 Å². The fourth-order valence-electron chi connectivity index (χ4n) is 3.94. The number of ether oxygens (including phenoxy) is 1. The fourth-order valence-corrected chi connectivity index (χ4v) is 5.16. The predicted octanol–water partition coefficient (Wildman–Crippen LogP) is 4.38. The molecule has 1 unspecified atom stereocenters. The van der Waals surface area contributed by atoms with Crippen molar-refractivity contribution in [3.63, 3.8) is 0 Å².